The van der Waals surface area contributed by atoms with Gasteiger partial charge in [-0.1, -0.05) is 24.3 Å². The van der Waals surface area contributed by atoms with Crippen LogP contribution in [0.5, 0.6) is 23.0 Å². The van der Waals surface area contributed by atoms with Crippen molar-refractivity contribution in [1.82, 2.24) is 0 Å². The van der Waals surface area contributed by atoms with Crippen molar-refractivity contribution < 1.29 is 19.7 Å². The Morgan fingerprint density at radius 3 is 1.94 bits per heavy atom. The Kier molecular flexibility index (Phi) is 2.48. The zero-order valence-electron chi connectivity index (χ0n) is 9.02. The molecule has 4 nitrogen and oxygen atoms in total. The monoisotopic (exact) mass is 220 g/mol. The molecule has 0 bridgehead atoms. The molecular weight excluding hydrogens is 208 g/mol. The minimum absolute atomic E-state index is 0.0237. The fraction of sp³-hybridized carbons (Fsp3) is 0.167. The highest BCUT2D eigenvalue weighted by Crippen LogP contribution is 2.49. The van der Waals surface area contributed by atoms with Gasteiger partial charge in [0.25, 0.3) is 0 Å². The number of phenols is 2. The quantitative estimate of drug-likeness (QED) is 0.815. The molecule has 2 aromatic carbocycles. The van der Waals surface area contributed by atoms with E-state index in [9.17, 15) is 10.2 Å². The molecule has 16 heavy (non-hydrogen) atoms. The summed E-state index contributed by atoms with van der Waals surface area (Å²) in [5, 5.41) is 21.0. The van der Waals surface area contributed by atoms with Crippen LogP contribution in [-0.4, -0.2) is 24.4 Å². The summed E-state index contributed by atoms with van der Waals surface area (Å²) in [6.07, 6.45) is 0. The van der Waals surface area contributed by atoms with Crippen LogP contribution in [0.1, 0.15) is 0 Å². The van der Waals surface area contributed by atoms with Crippen LogP contribution in [0, 0.1) is 0 Å². The van der Waals surface area contributed by atoms with Crippen LogP contribution in [0.15, 0.2) is 24.3 Å². The van der Waals surface area contributed by atoms with E-state index in [-0.39, 0.29) is 17.2 Å². The molecule has 4 heteroatoms. The van der Waals surface area contributed by atoms with Crippen molar-refractivity contribution in [2.24, 2.45) is 0 Å². The van der Waals surface area contributed by atoms with Crippen LogP contribution < -0.4 is 9.47 Å². The van der Waals surface area contributed by atoms with Gasteiger partial charge in [-0.15, -0.1) is 0 Å². The van der Waals surface area contributed by atoms with Crippen molar-refractivity contribution in [3.63, 3.8) is 0 Å². The topological polar surface area (TPSA) is 58.9 Å². The molecule has 0 fully saturated rings. The SMILES string of the molecule is COc1c(O)c(OC)c2ccccc2c1O. The Morgan fingerprint density at radius 2 is 1.38 bits per heavy atom. The maximum absolute atomic E-state index is 9.91. The van der Waals surface area contributed by atoms with Gasteiger partial charge >= 0.3 is 0 Å². The predicted molar refractivity (Wildman–Crippen MR) is 60.4 cm³/mol. The minimum atomic E-state index is -0.193. The molecule has 84 valence electrons. The number of hydrogen-bond donors (Lipinski definition) is 2. The molecule has 0 aliphatic carbocycles. The second-order valence-electron chi connectivity index (χ2n) is 3.31. The summed E-state index contributed by atoms with van der Waals surface area (Å²) in [6.45, 7) is 0. The first-order chi connectivity index (χ1) is 7.70. The lowest BCUT2D eigenvalue weighted by Gasteiger charge is -2.13. The zero-order valence-corrected chi connectivity index (χ0v) is 9.02. The molecule has 0 aromatic heterocycles. The predicted octanol–water partition coefficient (Wildman–Crippen LogP) is 2.27. The summed E-state index contributed by atoms with van der Waals surface area (Å²) in [7, 11) is 2.83. The van der Waals surface area contributed by atoms with E-state index in [1.54, 1.807) is 24.3 Å². The highest BCUT2D eigenvalue weighted by atomic mass is 16.5. The highest BCUT2D eigenvalue weighted by Gasteiger charge is 2.19. The number of phenolic OH excluding ortho intramolecular Hbond substituents is 2. The summed E-state index contributed by atoms with van der Waals surface area (Å²) in [4.78, 5) is 0. The van der Waals surface area contributed by atoms with E-state index in [0.29, 0.717) is 16.5 Å². The van der Waals surface area contributed by atoms with Gasteiger partial charge in [0.05, 0.1) is 14.2 Å². The molecule has 0 aliphatic rings. The summed E-state index contributed by atoms with van der Waals surface area (Å²) in [6, 6.07) is 7.08. The van der Waals surface area contributed by atoms with E-state index in [2.05, 4.69) is 0 Å². The van der Waals surface area contributed by atoms with Gasteiger partial charge in [-0.05, 0) is 0 Å². The number of fused-ring (bicyclic) bond motifs is 1. The summed E-state index contributed by atoms with van der Waals surface area (Å²) in [5.74, 6) is 0.0402. The second kappa shape index (κ2) is 3.81. The minimum Gasteiger partial charge on any atom is -0.504 e. The molecule has 2 aromatic rings. The Balaban J connectivity index is 2.94. The molecule has 0 heterocycles. The molecule has 0 spiro atoms. The molecule has 0 unspecified atom stereocenters. The van der Waals surface area contributed by atoms with Crippen LogP contribution in [-0.2, 0) is 0 Å². The first kappa shape index (κ1) is 10.4. The Hall–Kier alpha value is -2.10. The molecule has 0 atom stereocenters. The third kappa shape index (κ3) is 1.31. The molecule has 0 radical (unpaired) electrons. The van der Waals surface area contributed by atoms with Gasteiger partial charge in [-0.25, -0.2) is 0 Å². The number of aromatic hydroxyl groups is 2. The normalized spacial score (nSPS) is 10.4. The average molecular weight is 220 g/mol. The highest BCUT2D eigenvalue weighted by molar-refractivity contribution is 5.98. The van der Waals surface area contributed by atoms with Crippen LogP contribution in [0.2, 0.25) is 0 Å². The van der Waals surface area contributed by atoms with E-state index in [4.69, 9.17) is 9.47 Å². The maximum Gasteiger partial charge on any atom is 0.207 e. The van der Waals surface area contributed by atoms with Crippen molar-refractivity contribution in [2.45, 2.75) is 0 Å². The van der Waals surface area contributed by atoms with Gasteiger partial charge in [0.2, 0.25) is 11.5 Å². The number of hydrogen-bond acceptors (Lipinski definition) is 4. The van der Waals surface area contributed by atoms with Crippen LogP contribution in [0.25, 0.3) is 10.8 Å². The molecular formula is C12H12O4. The van der Waals surface area contributed by atoms with Crippen molar-refractivity contribution in [1.29, 1.82) is 0 Å². The first-order valence-electron chi connectivity index (χ1n) is 4.75. The Morgan fingerprint density at radius 1 is 0.812 bits per heavy atom. The molecule has 0 aliphatic heterocycles. The van der Waals surface area contributed by atoms with Gasteiger partial charge in [-0.3, -0.25) is 0 Å². The average Bonchev–Trinajstić information content (AvgIpc) is 2.30. The number of ether oxygens (including phenoxy) is 2. The van der Waals surface area contributed by atoms with Crippen LogP contribution in [0.3, 0.4) is 0 Å². The smallest absolute Gasteiger partial charge is 0.207 e. The second-order valence-corrected chi connectivity index (χ2v) is 3.31. The standard InChI is InChI=1S/C12H12O4/c1-15-11-8-6-4-3-5-7(8)9(13)12(16-2)10(11)14/h3-6,13-14H,1-2H3. The lowest BCUT2D eigenvalue weighted by Crippen LogP contribution is -1.91. The fourth-order valence-corrected chi connectivity index (χ4v) is 1.75. The lowest BCUT2D eigenvalue weighted by molar-refractivity contribution is 0.327. The van der Waals surface area contributed by atoms with E-state index >= 15 is 0 Å². The number of methoxy groups -OCH3 is 2. The van der Waals surface area contributed by atoms with E-state index in [0.717, 1.165) is 0 Å². The summed E-state index contributed by atoms with van der Waals surface area (Å²) >= 11 is 0. The van der Waals surface area contributed by atoms with E-state index < -0.39 is 0 Å². The Bertz CT molecular complexity index is 534. The van der Waals surface area contributed by atoms with Gasteiger partial charge in [0.15, 0.2) is 11.5 Å². The zero-order chi connectivity index (χ0) is 11.7. The largest absolute Gasteiger partial charge is 0.504 e. The lowest BCUT2D eigenvalue weighted by atomic mass is 10.1. The Labute approximate surface area is 92.7 Å². The van der Waals surface area contributed by atoms with Crippen molar-refractivity contribution in [2.75, 3.05) is 14.2 Å². The summed E-state index contributed by atoms with van der Waals surface area (Å²) < 4.78 is 10.1. The molecule has 2 N–H and O–H groups in total. The van der Waals surface area contributed by atoms with Gasteiger partial charge in [0, 0.05) is 10.8 Å². The van der Waals surface area contributed by atoms with Crippen LogP contribution in [0.4, 0.5) is 0 Å². The maximum atomic E-state index is 9.91. The fourth-order valence-electron chi connectivity index (χ4n) is 1.75. The van der Waals surface area contributed by atoms with Crippen LogP contribution >= 0.6 is 0 Å². The molecule has 0 saturated heterocycles. The van der Waals surface area contributed by atoms with E-state index in [1.165, 1.54) is 14.2 Å². The summed E-state index contributed by atoms with van der Waals surface area (Å²) in [5.41, 5.74) is 0. The first-order valence-corrected chi connectivity index (χ1v) is 4.75. The molecule has 0 saturated carbocycles. The van der Waals surface area contributed by atoms with Crippen molar-refractivity contribution in [3.8, 4) is 23.0 Å². The third-order valence-corrected chi connectivity index (χ3v) is 2.48. The van der Waals surface area contributed by atoms with Crippen molar-refractivity contribution in [3.05, 3.63) is 24.3 Å². The molecule has 2 rings (SSSR count). The number of benzene rings is 2. The number of rotatable bonds is 2. The molecule has 0 amide bonds. The van der Waals surface area contributed by atoms with E-state index in [1.807, 2.05) is 0 Å². The van der Waals surface area contributed by atoms with Gasteiger partial charge < -0.3 is 19.7 Å². The van der Waals surface area contributed by atoms with Gasteiger partial charge in [0.1, 0.15) is 0 Å². The third-order valence-electron chi connectivity index (χ3n) is 2.48. The van der Waals surface area contributed by atoms with Gasteiger partial charge in [-0.2, -0.15) is 0 Å². The van der Waals surface area contributed by atoms with Crippen molar-refractivity contribution >= 4 is 10.8 Å².